The van der Waals surface area contributed by atoms with Gasteiger partial charge in [-0.1, -0.05) is 32.6 Å². The molecular weight excluding hydrogens is 228 g/mol. The monoisotopic (exact) mass is 258 g/mol. The lowest BCUT2D eigenvalue weighted by molar-refractivity contribution is -0.168. The lowest BCUT2D eigenvalue weighted by Crippen LogP contribution is -2.41. The summed E-state index contributed by atoms with van der Waals surface area (Å²) in [5.74, 6) is -0.804. The fourth-order valence-corrected chi connectivity index (χ4v) is 1.77. The number of esters is 1. The van der Waals surface area contributed by atoms with Crippen LogP contribution in [0.15, 0.2) is 0 Å². The molecule has 0 aliphatic heterocycles. The SMILES string of the molecule is CCCCCCC(C)(O)C(C)C(=O)OC(C)(C)C. The van der Waals surface area contributed by atoms with Gasteiger partial charge in [-0.2, -0.15) is 0 Å². The molecule has 0 aromatic rings. The first-order valence-corrected chi connectivity index (χ1v) is 7.05. The topological polar surface area (TPSA) is 46.5 Å². The number of carbonyl (C=O) groups is 1. The highest BCUT2D eigenvalue weighted by molar-refractivity contribution is 5.73. The molecule has 18 heavy (non-hydrogen) atoms. The second kappa shape index (κ2) is 7.13. The van der Waals surface area contributed by atoms with Crippen molar-refractivity contribution in [3.8, 4) is 0 Å². The average molecular weight is 258 g/mol. The number of aliphatic hydroxyl groups is 1. The number of rotatable bonds is 7. The second-order valence-corrected chi connectivity index (χ2v) is 6.42. The first-order valence-electron chi connectivity index (χ1n) is 7.05. The maximum absolute atomic E-state index is 11.9. The molecule has 0 saturated heterocycles. The van der Waals surface area contributed by atoms with Gasteiger partial charge in [-0.15, -0.1) is 0 Å². The molecule has 0 bridgehead atoms. The molecule has 0 radical (unpaired) electrons. The molecule has 0 amide bonds. The summed E-state index contributed by atoms with van der Waals surface area (Å²) in [6, 6.07) is 0. The van der Waals surface area contributed by atoms with E-state index in [1.807, 2.05) is 20.8 Å². The van der Waals surface area contributed by atoms with E-state index >= 15 is 0 Å². The predicted octanol–water partition coefficient (Wildman–Crippen LogP) is 3.69. The molecule has 3 nitrogen and oxygen atoms in total. The third kappa shape index (κ3) is 7.00. The summed E-state index contributed by atoms with van der Waals surface area (Å²) in [7, 11) is 0. The molecule has 1 N–H and O–H groups in total. The van der Waals surface area contributed by atoms with Crippen molar-refractivity contribution >= 4 is 5.97 Å². The lowest BCUT2D eigenvalue weighted by Gasteiger charge is -2.31. The predicted molar refractivity (Wildman–Crippen MR) is 74.4 cm³/mol. The zero-order valence-corrected chi connectivity index (χ0v) is 12.9. The first kappa shape index (κ1) is 17.4. The van der Waals surface area contributed by atoms with Gasteiger partial charge < -0.3 is 9.84 Å². The fraction of sp³-hybridized carbons (Fsp3) is 0.933. The summed E-state index contributed by atoms with van der Waals surface area (Å²) in [6.45, 7) is 11.2. The molecule has 0 aromatic carbocycles. The third-order valence-corrected chi connectivity index (χ3v) is 3.23. The van der Waals surface area contributed by atoms with Crippen LogP contribution in [0.25, 0.3) is 0 Å². The minimum atomic E-state index is -0.976. The fourth-order valence-electron chi connectivity index (χ4n) is 1.77. The molecule has 2 unspecified atom stereocenters. The average Bonchev–Trinajstić information content (AvgIpc) is 2.21. The van der Waals surface area contributed by atoms with Crippen molar-refractivity contribution in [1.29, 1.82) is 0 Å². The van der Waals surface area contributed by atoms with Gasteiger partial charge >= 0.3 is 5.97 Å². The van der Waals surface area contributed by atoms with E-state index in [0.29, 0.717) is 6.42 Å². The highest BCUT2D eigenvalue weighted by Crippen LogP contribution is 2.26. The molecule has 0 aromatic heterocycles. The van der Waals surface area contributed by atoms with Crippen LogP contribution in [-0.2, 0) is 9.53 Å². The van der Waals surface area contributed by atoms with Crippen molar-refractivity contribution in [3.05, 3.63) is 0 Å². The van der Waals surface area contributed by atoms with Gasteiger partial charge in [0.05, 0.1) is 11.5 Å². The Morgan fingerprint density at radius 1 is 1.17 bits per heavy atom. The van der Waals surface area contributed by atoms with Crippen molar-refractivity contribution in [3.63, 3.8) is 0 Å². The highest BCUT2D eigenvalue weighted by atomic mass is 16.6. The van der Waals surface area contributed by atoms with E-state index < -0.39 is 17.1 Å². The van der Waals surface area contributed by atoms with E-state index in [4.69, 9.17) is 4.74 Å². The van der Waals surface area contributed by atoms with E-state index in [-0.39, 0.29) is 5.97 Å². The molecule has 0 rings (SSSR count). The van der Waals surface area contributed by atoms with Crippen LogP contribution in [0.3, 0.4) is 0 Å². The summed E-state index contributed by atoms with van der Waals surface area (Å²) in [6.07, 6.45) is 5.05. The number of hydrogen-bond donors (Lipinski definition) is 1. The van der Waals surface area contributed by atoms with E-state index in [1.165, 1.54) is 12.8 Å². The Hall–Kier alpha value is -0.570. The number of carbonyl (C=O) groups excluding carboxylic acids is 1. The van der Waals surface area contributed by atoms with Gasteiger partial charge in [0.25, 0.3) is 0 Å². The van der Waals surface area contributed by atoms with Crippen LogP contribution < -0.4 is 0 Å². The zero-order valence-electron chi connectivity index (χ0n) is 12.9. The number of unbranched alkanes of at least 4 members (excludes halogenated alkanes) is 3. The van der Waals surface area contributed by atoms with Crippen LogP contribution in [0.5, 0.6) is 0 Å². The summed E-state index contributed by atoms with van der Waals surface area (Å²) >= 11 is 0. The third-order valence-electron chi connectivity index (χ3n) is 3.23. The van der Waals surface area contributed by atoms with Crippen LogP contribution in [0.4, 0.5) is 0 Å². The first-order chi connectivity index (χ1) is 8.10. The van der Waals surface area contributed by atoms with Gasteiger partial charge in [0, 0.05) is 0 Å². The molecular formula is C15H30O3. The molecule has 0 heterocycles. The highest BCUT2D eigenvalue weighted by Gasteiger charge is 2.35. The zero-order chi connectivity index (χ0) is 14.4. The summed E-state index contributed by atoms with van der Waals surface area (Å²) in [5, 5.41) is 10.3. The Balaban J connectivity index is 4.27. The van der Waals surface area contributed by atoms with Gasteiger partial charge in [0.1, 0.15) is 5.60 Å². The van der Waals surface area contributed by atoms with E-state index in [2.05, 4.69) is 6.92 Å². The Labute approximate surface area is 112 Å². The molecule has 108 valence electrons. The van der Waals surface area contributed by atoms with Gasteiger partial charge in [0.2, 0.25) is 0 Å². The summed E-state index contributed by atoms with van der Waals surface area (Å²) in [4.78, 5) is 11.9. The largest absolute Gasteiger partial charge is 0.460 e. The molecule has 0 fully saturated rings. The Morgan fingerprint density at radius 2 is 1.72 bits per heavy atom. The summed E-state index contributed by atoms with van der Waals surface area (Å²) < 4.78 is 5.31. The van der Waals surface area contributed by atoms with Crippen LogP contribution in [0.1, 0.15) is 73.6 Å². The van der Waals surface area contributed by atoms with Crippen molar-refractivity contribution in [2.24, 2.45) is 5.92 Å². The van der Waals surface area contributed by atoms with Crippen molar-refractivity contribution < 1.29 is 14.6 Å². The van der Waals surface area contributed by atoms with Gasteiger partial charge in [0.15, 0.2) is 0 Å². The van der Waals surface area contributed by atoms with Gasteiger partial charge in [-0.25, -0.2) is 0 Å². The molecule has 0 spiro atoms. The quantitative estimate of drug-likeness (QED) is 0.559. The summed E-state index contributed by atoms with van der Waals surface area (Å²) in [5.41, 5.74) is -1.47. The Morgan fingerprint density at radius 3 is 2.17 bits per heavy atom. The van der Waals surface area contributed by atoms with Crippen LogP contribution in [0.2, 0.25) is 0 Å². The molecule has 2 atom stereocenters. The van der Waals surface area contributed by atoms with Crippen LogP contribution >= 0.6 is 0 Å². The maximum Gasteiger partial charge on any atom is 0.312 e. The van der Waals surface area contributed by atoms with Crippen LogP contribution in [0, 0.1) is 5.92 Å². The molecule has 0 saturated carbocycles. The smallest absolute Gasteiger partial charge is 0.312 e. The van der Waals surface area contributed by atoms with E-state index in [1.54, 1.807) is 13.8 Å². The van der Waals surface area contributed by atoms with Crippen molar-refractivity contribution in [2.45, 2.75) is 84.8 Å². The number of ether oxygens (including phenoxy) is 1. The standard InChI is InChI=1S/C15H30O3/c1-7-8-9-10-11-15(6,17)12(2)13(16)18-14(3,4)5/h12,17H,7-11H2,1-6H3. The minimum absolute atomic E-state index is 0.317. The second-order valence-electron chi connectivity index (χ2n) is 6.42. The maximum atomic E-state index is 11.9. The molecule has 0 aliphatic carbocycles. The van der Waals surface area contributed by atoms with Gasteiger partial charge in [-0.3, -0.25) is 4.79 Å². The van der Waals surface area contributed by atoms with Crippen molar-refractivity contribution in [2.75, 3.05) is 0 Å². The van der Waals surface area contributed by atoms with E-state index in [9.17, 15) is 9.90 Å². The Kier molecular flexibility index (Phi) is 6.90. The normalized spacial score (nSPS) is 17.1. The van der Waals surface area contributed by atoms with Crippen molar-refractivity contribution in [1.82, 2.24) is 0 Å². The van der Waals surface area contributed by atoms with Gasteiger partial charge in [-0.05, 0) is 41.0 Å². The number of hydrogen-bond acceptors (Lipinski definition) is 3. The Bertz CT molecular complexity index is 251. The molecule has 0 aliphatic rings. The van der Waals surface area contributed by atoms with Crippen LogP contribution in [-0.4, -0.2) is 22.3 Å². The molecule has 3 heteroatoms. The van der Waals surface area contributed by atoms with E-state index in [0.717, 1.165) is 12.8 Å². The lowest BCUT2D eigenvalue weighted by atomic mass is 9.85. The minimum Gasteiger partial charge on any atom is -0.460 e.